The Morgan fingerprint density at radius 3 is 2.51 bits per heavy atom. The largest absolute Gasteiger partial charge is 0.392 e. The van der Waals surface area contributed by atoms with Crippen LogP contribution in [0, 0.1) is 11.8 Å². The van der Waals surface area contributed by atoms with Crippen molar-refractivity contribution in [3.8, 4) is 0 Å². The molecule has 2 amide bonds. The molecule has 1 aromatic heterocycles. The molecule has 12 heteroatoms. The van der Waals surface area contributed by atoms with Gasteiger partial charge in [0.2, 0.25) is 10.0 Å². The van der Waals surface area contributed by atoms with E-state index in [-0.39, 0.29) is 39.8 Å². The number of urea groups is 1. The van der Waals surface area contributed by atoms with Crippen LogP contribution in [0.25, 0.3) is 0 Å². The molecule has 1 aromatic carbocycles. The highest BCUT2D eigenvalue weighted by molar-refractivity contribution is 7.88. The van der Waals surface area contributed by atoms with Crippen molar-refractivity contribution in [3.05, 3.63) is 57.8 Å². The second kappa shape index (κ2) is 12.4. The number of aromatic nitrogens is 1. The van der Waals surface area contributed by atoms with Gasteiger partial charge >= 0.3 is 6.03 Å². The SMILES string of the molecule is CS(=O)(=O)N1CCC(CN(C(=O)Nc2cc(Cl)nc(Cl)c2)C2CC[C@]3(c4cccc(CN5CC[C@H](O)C5)c4)CC3C2)CC1. The molecule has 9 nitrogen and oxygen atoms in total. The highest BCUT2D eigenvalue weighted by atomic mass is 35.5. The Morgan fingerprint density at radius 1 is 1.12 bits per heavy atom. The van der Waals surface area contributed by atoms with Gasteiger partial charge in [-0.15, -0.1) is 0 Å². The predicted octanol–water partition coefficient (Wildman–Crippen LogP) is 4.97. The molecule has 0 radical (unpaired) electrons. The fourth-order valence-corrected chi connectivity index (χ4v) is 9.01. The third-order valence-corrected chi connectivity index (χ3v) is 11.8. The molecular weight excluding hydrogens is 609 g/mol. The quantitative estimate of drug-likeness (QED) is 0.391. The smallest absolute Gasteiger partial charge is 0.322 e. The van der Waals surface area contributed by atoms with E-state index in [1.165, 1.54) is 21.7 Å². The highest BCUT2D eigenvalue weighted by Crippen LogP contribution is 2.63. The third kappa shape index (κ3) is 7.15. The van der Waals surface area contributed by atoms with E-state index in [1.54, 1.807) is 12.1 Å². The lowest BCUT2D eigenvalue weighted by Gasteiger charge is -2.40. The van der Waals surface area contributed by atoms with E-state index in [9.17, 15) is 18.3 Å². The Morgan fingerprint density at radius 2 is 1.86 bits per heavy atom. The molecule has 2 saturated heterocycles. The van der Waals surface area contributed by atoms with Gasteiger partial charge in [-0.05, 0) is 85.5 Å². The Labute approximate surface area is 264 Å². The summed E-state index contributed by atoms with van der Waals surface area (Å²) in [5.74, 6) is 0.738. The number of likely N-dealkylation sites (tertiary alicyclic amines) is 1. The lowest BCUT2D eigenvalue weighted by atomic mass is 9.79. The fourth-order valence-electron chi connectivity index (χ4n) is 7.67. The fraction of sp³-hybridized carbons (Fsp3) is 0.613. The highest BCUT2D eigenvalue weighted by Gasteiger charge is 2.58. The van der Waals surface area contributed by atoms with Gasteiger partial charge in [-0.25, -0.2) is 22.5 Å². The molecule has 0 spiro atoms. The third-order valence-electron chi connectivity index (χ3n) is 10.1. The van der Waals surface area contributed by atoms with Gasteiger partial charge in [0, 0.05) is 51.0 Å². The number of carbonyl (C=O) groups is 1. The standard InChI is InChI=1S/C31H41Cl2N5O4S/c1-43(41,42)37-11-6-21(7-12-37)19-38(30(40)34-25-15-28(32)35-29(33)16-25)26-5-9-31(17-24(31)14-26)23-4-2-3-22(13-23)18-36-10-8-27(39)20-36/h2-4,13,15-16,21,24,26-27,39H,5-12,14,17-20H2,1H3,(H,34,35,40)/t24?,26?,27-,31+/m0/s1. The van der Waals surface area contributed by atoms with E-state index in [2.05, 4.69) is 39.5 Å². The van der Waals surface area contributed by atoms with Crippen molar-refractivity contribution in [2.75, 3.05) is 44.3 Å². The van der Waals surface area contributed by atoms with Crippen LogP contribution in [0.4, 0.5) is 10.5 Å². The van der Waals surface area contributed by atoms with Gasteiger partial charge in [0.05, 0.1) is 12.4 Å². The summed E-state index contributed by atoms with van der Waals surface area (Å²) in [5.41, 5.74) is 3.38. The monoisotopic (exact) mass is 649 g/mol. The van der Waals surface area contributed by atoms with Gasteiger partial charge < -0.3 is 15.3 Å². The van der Waals surface area contributed by atoms with E-state index in [0.717, 1.165) is 64.6 Å². The molecular formula is C31H41Cl2N5O4S. The van der Waals surface area contributed by atoms with Gasteiger partial charge in [-0.3, -0.25) is 4.90 Å². The number of piperidine rings is 1. The summed E-state index contributed by atoms with van der Waals surface area (Å²) in [7, 11) is -3.22. The van der Waals surface area contributed by atoms with Crippen LogP contribution < -0.4 is 5.32 Å². The Balaban J connectivity index is 1.15. The number of carbonyl (C=O) groups excluding carboxylic acids is 1. The van der Waals surface area contributed by atoms with Crippen LogP contribution in [0.5, 0.6) is 0 Å². The Bertz CT molecular complexity index is 1430. The molecule has 3 heterocycles. The maximum absolute atomic E-state index is 13.8. The number of benzene rings is 1. The number of aliphatic hydroxyl groups is 1. The van der Waals surface area contributed by atoms with Crippen molar-refractivity contribution in [2.45, 2.75) is 69.1 Å². The van der Waals surface area contributed by atoms with Crippen LogP contribution in [0.15, 0.2) is 36.4 Å². The molecule has 2 N–H and O–H groups in total. The average molecular weight is 651 g/mol. The number of nitrogens with zero attached hydrogens (tertiary/aromatic N) is 4. The van der Waals surface area contributed by atoms with Crippen molar-refractivity contribution in [3.63, 3.8) is 0 Å². The summed E-state index contributed by atoms with van der Waals surface area (Å²) >= 11 is 12.2. The molecule has 43 heavy (non-hydrogen) atoms. The van der Waals surface area contributed by atoms with E-state index in [1.807, 2.05) is 4.90 Å². The minimum absolute atomic E-state index is 0.0932. The van der Waals surface area contributed by atoms with Gasteiger partial charge in [0.15, 0.2) is 0 Å². The molecule has 4 aliphatic rings. The van der Waals surface area contributed by atoms with Crippen LogP contribution in [-0.4, -0.2) is 89.8 Å². The number of fused-ring (bicyclic) bond motifs is 1. The number of anilines is 1. The number of aliphatic hydroxyl groups excluding tert-OH is 1. The van der Waals surface area contributed by atoms with E-state index < -0.39 is 10.0 Å². The van der Waals surface area contributed by atoms with E-state index in [0.29, 0.717) is 31.2 Å². The number of hydrogen-bond acceptors (Lipinski definition) is 6. The number of amides is 2. The average Bonchev–Trinajstić information content (AvgIpc) is 3.56. The molecule has 4 fully saturated rings. The second-order valence-corrected chi connectivity index (χ2v) is 15.8. The normalized spacial score (nSPS) is 28.4. The second-order valence-electron chi connectivity index (χ2n) is 13.1. The first-order valence-electron chi connectivity index (χ1n) is 15.3. The lowest BCUT2D eigenvalue weighted by molar-refractivity contribution is 0.132. The number of hydrogen-bond donors (Lipinski definition) is 2. The Kier molecular flexibility index (Phi) is 8.99. The van der Waals surface area contributed by atoms with Gasteiger partial charge in [0.1, 0.15) is 10.3 Å². The number of rotatable bonds is 8. The van der Waals surface area contributed by atoms with Gasteiger partial charge in [-0.2, -0.15) is 0 Å². The number of pyridine rings is 1. The zero-order valence-corrected chi connectivity index (χ0v) is 26.9. The van der Waals surface area contributed by atoms with Crippen LogP contribution in [-0.2, 0) is 22.0 Å². The van der Waals surface area contributed by atoms with E-state index in [4.69, 9.17) is 23.2 Å². The van der Waals surface area contributed by atoms with Crippen molar-refractivity contribution in [1.82, 2.24) is 19.1 Å². The summed E-state index contributed by atoms with van der Waals surface area (Å²) in [5, 5.41) is 13.4. The Hall–Kier alpha value is -1.95. The van der Waals surface area contributed by atoms with Crippen molar-refractivity contribution in [2.24, 2.45) is 11.8 Å². The zero-order valence-electron chi connectivity index (χ0n) is 24.6. The van der Waals surface area contributed by atoms with Crippen LogP contribution in [0.3, 0.4) is 0 Å². The van der Waals surface area contributed by atoms with Crippen molar-refractivity contribution < 1.29 is 18.3 Å². The van der Waals surface area contributed by atoms with Crippen LogP contribution in [0.2, 0.25) is 10.3 Å². The van der Waals surface area contributed by atoms with Gasteiger partial charge in [-0.1, -0.05) is 47.5 Å². The summed E-state index contributed by atoms with van der Waals surface area (Å²) < 4.78 is 25.6. The van der Waals surface area contributed by atoms with Crippen LogP contribution >= 0.6 is 23.2 Å². The van der Waals surface area contributed by atoms with Crippen molar-refractivity contribution in [1.29, 1.82) is 0 Å². The molecule has 2 unspecified atom stereocenters. The molecule has 2 saturated carbocycles. The first-order valence-corrected chi connectivity index (χ1v) is 17.9. The molecule has 4 atom stereocenters. The topological polar surface area (TPSA) is 106 Å². The molecule has 2 aliphatic heterocycles. The zero-order chi connectivity index (χ0) is 30.4. The van der Waals surface area contributed by atoms with Crippen molar-refractivity contribution >= 4 is 44.9 Å². The number of sulfonamides is 1. The number of nitrogens with one attached hydrogen (secondary N) is 1. The first kappa shape index (κ1) is 31.0. The maximum atomic E-state index is 13.8. The molecule has 234 valence electrons. The summed E-state index contributed by atoms with van der Waals surface area (Å²) in [6, 6.07) is 12.1. The summed E-state index contributed by atoms with van der Waals surface area (Å²) in [6.07, 6.45) is 7.34. The minimum Gasteiger partial charge on any atom is -0.392 e. The maximum Gasteiger partial charge on any atom is 0.322 e. The molecule has 6 rings (SSSR count). The molecule has 2 aliphatic carbocycles. The van der Waals surface area contributed by atoms with Crippen LogP contribution in [0.1, 0.15) is 56.1 Å². The minimum atomic E-state index is -3.22. The summed E-state index contributed by atoms with van der Waals surface area (Å²) in [4.78, 5) is 22.1. The predicted molar refractivity (Wildman–Crippen MR) is 169 cm³/mol. The number of halogens is 2. The first-order chi connectivity index (χ1) is 20.5. The number of β-amino-alcohol motifs (C(OH)–C–C–N with tert-alkyl or cyclic N) is 1. The van der Waals surface area contributed by atoms with E-state index >= 15 is 0 Å². The molecule has 0 bridgehead atoms. The summed E-state index contributed by atoms with van der Waals surface area (Å²) in [6.45, 7) is 4.09. The van der Waals surface area contributed by atoms with Gasteiger partial charge in [0.25, 0.3) is 0 Å². The lowest BCUT2D eigenvalue weighted by Crippen LogP contribution is -2.49. The molecule has 2 aromatic rings.